The van der Waals surface area contributed by atoms with Gasteiger partial charge in [0.1, 0.15) is 5.82 Å². The molecule has 1 heterocycles. The number of benzene rings is 2. The molecule has 0 aliphatic rings. The van der Waals surface area contributed by atoms with Gasteiger partial charge in [-0.2, -0.15) is 4.98 Å². The van der Waals surface area contributed by atoms with E-state index in [4.69, 9.17) is 4.52 Å². The number of hydrogen-bond acceptors (Lipinski definition) is 4. The summed E-state index contributed by atoms with van der Waals surface area (Å²) in [6.45, 7) is 4.01. The smallest absolute Gasteiger partial charge is 0.322 e. The Kier molecular flexibility index (Phi) is 4.37. The summed E-state index contributed by atoms with van der Waals surface area (Å²) in [5.74, 6) is 0.578. The van der Waals surface area contributed by atoms with Gasteiger partial charge in [-0.1, -0.05) is 61.5 Å². The van der Waals surface area contributed by atoms with Gasteiger partial charge in [-0.15, -0.1) is 0 Å². The van der Waals surface area contributed by atoms with Crippen LogP contribution in [-0.2, 0) is 0 Å². The van der Waals surface area contributed by atoms with E-state index in [0.717, 1.165) is 11.1 Å². The molecular formula is C18H18FN3O. The minimum absolute atomic E-state index is 0.190. The fraction of sp³-hybridized carbons (Fsp3) is 0.222. The van der Waals surface area contributed by atoms with Crippen molar-refractivity contribution in [2.75, 3.05) is 5.32 Å². The lowest BCUT2D eigenvalue weighted by atomic mass is 9.99. The van der Waals surface area contributed by atoms with Crippen molar-refractivity contribution in [1.29, 1.82) is 0 Å². The van der Waals surface area contributed by atoms with E-state index in [2.05, 4.69) is 15.5 Å². The first-order valence-electron chi connectivity index (χ1n) is 7.54. The molecule has 0 saturated heterocycles. The van der Waals surface area contributed by atoms with Crippen LogP contribution in [0.5, 0.6) is 0 Å². The van der Waals surface area contributed by atoms with Gasteiger partial charge in [-0.25, -0.2) is 4.39 Å². The van der Waals surface area contributed by atoms with Crippen molar-refractivity contribution in [3.05, 3.63) is 77.4 Å². The number of aromatic nitrogens is 2. The fourth-order valence-corrected chi connectivity index (χ4v) is 2.31. The summed E-state index contributed by atoms with van der Waals surface area (Å²) in [5.41, 5.74) is 1.95. The molecule has 0 bridgehead atoms. The van der Waals surface area contributed by atoms with Crippen molar-refractivity contribution in [2.24, 2.45) is 0 Å². The molecule has 1 atom stereocenters. The first-order valence-corrected chi connectivity index (χ1v) is 7.54. The average Bonchev–Trinajstić information content (AvgIpc) is 3.03. The van der Waals surface area contributed by atoms with Crippen molar-refractivity contribution >= 4 is 6.01 Å². The molecule has 1 unspecified atom stereocenters. The van der Waals surface area contributed by atoms with Crippen molar-refractivity contribution in [2.45, 2.75) is 25.8 Å². The maximum atomic E-state index is 13.2. The zero-order valence-electron chi connectivity index (χ0n) is 13.0. The molecule has 3 rings (SSSR count). The Morgan fingerprint density at radius 2 is 1.61 bits per heavy atom. The number of halogens is 1. The monoisotopic (exact) mass is 311 g/mol. The molecule has 1 N–H and O–H groups in total. The number of rotatable bonds is 5. The van der Waals surface area contributed by atoms with E-state index in [9.17, 15) is 4.39 Å². The molecule has 118 valence electrons. The second kappa shape index (κ2) is 6.60. The Hall–Kier alpha value is -2.69. The van der Waals surface area contributed by atoms with E-state index in [1.54, 1.807) is 12.1 Å². The SMILES string of the molecule is CC(C)c1noc(NC(c2ccccc2)c2ccc(F)cc2)n1. The molecule has 0 aliphatic carbocycles. The molecule has 0 aliphatic heterocycles. The lowest BCUT2D eigenvalue weighted by molar-refractivity contribution is 0.417. The van der Waals surface area contributed by atoms with Gasteiger partial charge in [-0.3, -0.25) is 0 Å². The lowest BCUT2D eigenvalue weighted by Gasteiger charge is -2.18. The zero-order valence-corrected chi connectivity index (χ0v) is 13.0. The molecule has 4 nitrogen and oxygen atoms in total. The molecule has 0 amide bonds. The summed E-state index contributed by atoms with van der Waals surface area (Å²) in [6, 6.07) is 16.4. The third-order valence-electron chi connectivity index (χ3n) is 3.56. The van der Waals surface area contributed by atoms with Crippen molar-refractivity contribution in [3.63, 3.8) is 0 Å². The van der Waals surface area contributed by atoms with Gasteiger partial charge in [-0.05, 0) is 23.3 Å². The predicted octanol–water partition coefficient (Wildman–Crippen LogP) is 4.53. The van der Waals surface area contributed by atoms with Crippen LogP contribution in [0.1, 0.15) is 42.8 Å². The van der Waals surface area contributed by atoms with E-state index in [0.29, 0.717) is 11.8 Å². The largest absolute Gasteiger partial charge is 0.327 e. The molecule has 0 fully saturated rings. The Bertz CT molecular complexity index is 753. The normalized spacial score (nSPS) is 12.3. The highest BCUT2D eigenvalue weighted by atomic mass is 19.1. The second-order valence-electron chi connectivity index (χ2n) is 5.65. The maximum absolute atomic E-state index is 13.2. The number of hydrogen-bond donors (Lipinski definition) is 1. The Balaban J connectivity index is 1.93. The number of anilines is 1. The highest BCUT2D eigenvalue weighted by molar-refractivity contribution is 5.39. The van der Waals surface area contributed by atoms with Gasteiger partial charge in [0.2, 0.25) is 0 Å². The lowest BCUT2D eigenvalue weighted by Crippen LogP contribution is -2.12. The maximum Gasteiger partial charge on any atom is 0.322 e. The van der Waals surface area contributed by atoms with Gasteiger partial charge < -0.3 is 9.84 Å². The van der Waals surface area contributed by atoms with Gasteiger partial charge in [0.25, 0.3) is 0 Å². The van der Waals surface area contributed by atoms with Crippen LogP contribution in [0.2, 0.25) is 0 Å². The standard InChI is InChI=1S/C18H18FN3O/c1-12(2)17-21-18(23-22-17)20-16(13-6-4-3-5-7-13)14-8-10-15(19)11-9-14/h3-12,16H,1-2H3,(H,20,21,22). The molecule has 1 aromatic heterocycles. The molecule has 0 spiro atoms. The van der Waals surface area contributed by atoms with Crippen LogP contribution in [0.15, 0.2) is 59.1 Å². The number of nitrogens with zero attached hydrogens (tertiary/aromatic N) is 2. The molecule has 3 aromatic rings. The Morgan fingerprint density at radius 3 is 2.22 bits per heavy atom. The molecule has 0 saturated carbocycles. The molecular weight excluding hydrogens is 293 g/mol. The average molecular weight is 311 g/mol. The van der Waals surface area contributed by atoms with Crippen LogP contribution >= 0.6 is 0 Å². The van der Waals surface area contributed by atoms with E-state index < -0.39 is 0 Å². The second-order valence-corrected chi connectivity index (χ2v) is 5.65. The summed E-state index contributed by atoms with van der Waals surface area (Å²) >= 11 is 0. The van der Waals surface area contributed by atoms with E-state index >= 15 is 0 Å². The van der Waals surface area contributed by atoms with Gasteiger partial charge in [0.15, 0.2) is 5.82 Å². The summed E-state index contributed by atoms with van der Waals surface area (Å²) in [4.78, 5) is 4.36. The van der Waals surface area contributed by atoms with Crippen LogP contribution in [0.4, 0.5) is 10.4 Å². The third-order valence-corrected chi connectivity index (χ3v) is 3.56. The predicted molar refractivity (Wildman–Crippen MR) is 86.7 cm³/mol. The van der Waals surface area contributed by atoms with E-state index in [-0.39, 0.29) is 17.8 Å². The van der Waals surface area contributed by atoms with Gasteiger partial charge in [0, 0.05) is 5.92 Å². The molecule has 0 radical (unpaired) electrons. The van der Waals surface area contributed by atoms with Crippen molar-refractivity contribution in [3.8, 4) is 0 Å². The van der Waals surface area contributed by atoms with Crippen LogP contribution in [-0.4, -0.2) is 10.1 Å². The Morgan fingerprint density at radius 1 is 0.957 bits per heavy atom. The van der Waals surface area contributed by atoms with Gasteiger partial charge >= 0.3 is 6.01 Å². The van der Waals surface area contributed by atoms with E-state index in [1.807, 2.05) is 44.2 Å². The minimum atomic E-state index is -0.263. The highest BCUT2D eigenvalue weighted by Crippen LogP contribution is 2.26. The molecule has 5 heteroatoms. The topological polar surface area (TPSA) is 51.0 Å². The van der Waals surface area contributed by atoms with Crippen LogP contribution < -0.4 is 5.32 Å². The Labute approximate surface area is 134 Å². The molecule has 2 aromatic carbocycles. The first kappa shape index (κ1) is 15.2. The fourth-order valence-electron chi connectivity index (χ4n) is 2.31. The van der Waals surface area contributed by atoms with Crippen LogP contribution in [0.3, 0.4) is 0 Å². The van der Waals surface area contributed by atoms with Crippen molar-refractivity contribution in [1.82, 2.24) is 10.1 Å². The van der Waals surface area contributed by atoms with Crippen molar-refractivity contribution < 1.29 is 8.91 Å². The summed E-state index contributed by atoms with van der Waals surface area (Å²) < 4.78 is 18.5. The summed E-state index contributed by atoms with van der Waals surface area (Å²) in [5, 5.41) is 7.21. The summed E-state index contributed by atoms with van der Waals surface area (Å²) in [7, 11) is 0. The van der Waals surface area contributed by atoms with Crippen LogP contribution in [0.25, 0.3) is 0 Å². The van der Waals surface area contributed by atoms with E-state index in [1.165, 1.54) is 12.1 Å². The molecule has 23 heavy (non-hydrogen) atoms. The zero-order chi connectivity index (χ0) is 16.2. The highest BCUT2D eigenvalue weighted by Gasteiger charge is 2.18. The quantitative estimate of drug-likeness (QED) is 0.752. The minimum Gasteiger partial charge on any atom is -0.327 e. The third kappa shape index (κ3) is 3.56. The van der Waals surface area contributed by atoms with Gasteiger partial charge in [0.05, 0.1) is 6.04 Å². The summed E-state index contributed by atoms with van der Waals surface area (Å²) in [6.07, 6.45) is 0. The first-order chi connectivity index (χ1) is 11.1. The van der Waals surface area contributed by atoms with Crippen LogP contribution in [0, 0.1) is 5.82 Å². The number of nitrogens with one attached hydrogen (secondary N) is 1.